The van der Waals surface area contributed by atoms with Gasteiger partial charge >= 0.3 is 0 Å². The largest absolute Gasteiger partial charge is 0.384 e. The van der Waals surface area contributed by atoms with Gasteiger partial charge in [-0.05, 0) is 19.3 Å². The molecule has 0 aliphatic carbocycles. The Morgan fingerprint density at radius 2 is 1.90 bits per heavy atom. The SMILES string of the molecule is CCCNc1cc(NCC(C)COC)nc(COCC)n1. The molecule has 21 heavy (non-hydrogen) atoms. The maximum Gasteiger partial charge on any atom is 0.158 e. The van der Waals surface area contributed by atoms with E-state index in [1.165, 1.54) is 0 Å². The lowest BCUT2D eigenvalue weighted by molar-refractivity contribution is 0.128. The Balaban J connectivity index is 2.70. The van der Waals surface area contributed by atoms with Crippen LogP contribution in [0.5, 0.6) is 0 Å². The first kappa shape index (κ1) is 17.7. The monoisotopic (exact) mass is 296 g/mol. The number of methoxy groups -OCH3 is 1. The molecule has 1 unspecified atom stereocenters. The van der Waals surface area contributed by atoms with Crippen LogP contribution in [0.1, 0.15) is 33.0 Å². The maximum atomic E-state index is 5.40. The van der Waals surface area contributed by atoms with Crippen molar-refractivity contribution in [3.05, 3.63) is 11.9 Å². The van der Waals surface area contributed by atoms with Crippen molar-refractivity contribution >= 4 is 11.6 Å². The maximum absolute atomic E-state index is 5.40. The summed E-state index contributed by atoms with van der Waals surface area (Å²) in [7, 11) is 1.72. The quantitative estimate of drug-likeness (QED) is 0.654. The molecule has 120 valence electrons. The molecular weight excluding hydrogens is 268 g/mol. The van der Waals surface area contributed by atoms with Crippen LogP contribution < -0.4 is 10.6 Å². The summed E-state index contributed by atoms with van der Waals surface area (Å²) < 4.78 is 10.5. The molecular formula is C15H28N4O2. The van der Waals surface area contributed by atoms with E-state index in [1.807, 2.05) is 13.0 Å². The molecule has 1 atom stereocenters. The number of rotatable bonds is 11. The Morgan fingerprint density at radius 3 is 2.52 bits per heavy atom. The average Bonchev–Trinajstić information content (AvgIpc) is 2.49. The molecule has 0 aliphatic rings. The zero-order valence-electron chi connectivity index (χ0n) is 13.6. The number of hydrogen-bond acceptors (Lipinski definition) is 6. The first-order valence-corrected chi connectivity index (χ1v) is 7.61. The van der Waals surface area contributed by atoms with Crippen molar-refractivity contribution in [1.29, 1.82) is 0 Å². The van der Waals surface area contributed by atoms with E-state index < -0.39 is 0 Å². The van der Waals surface area contributed by atoms with Gasteiger partial charge in [-0.25, -0.2) is 9.97 Å². The van der Waals surface area contributed by atoms with E-state index in [0.29, 0.717) is 25.0 Å². The summed E-state index contributed by atoms with van der Waals surface area (Å²) >= 11 is 0. The molecule has 0 amide bonds. The van der Waals surface area contributed by atoms with Crippen molar-refractivity contribution in [2.75, 3.05) is 44.0 Å². The van der Waals surface area contributed by atoms with Crippen molar-refractivity contribution in [2.45, 2.75) is 33.8 Å². The molecule has 0 saturated carbocycles. The lowest BCUT2D eigenvalue weighted by Crippen LogP contribution is -2.17. The number of hydrogen-bond donors (Lipinski definition) is 2. The first-order valence-electron chi connectivity index (χ1n) is 7.61. The highest BCUT2D eigenvalue weighted by Gasteiger charge is 2.06. The predicted molar refractivity (Wildman–Crippen MR) is 85.7 cm³/mol. The topological polar surface area (TPSA) is 68.3 Å². The second-order valence-electron chi connectivity index (χ2n) is 5.06. The minimum Gasteiger partial charge on any atom is -0.384 e. The predicted octanol–water partition coefficient (Wildman–Crippen LogP) is 2.53. The number of ether oxygens (including phenoxy) is 2. The van der Waals surface area contributed by atoms with Crippen LogP contribution in [0.3, 0.4) is 0 Å². The van der Waals surface area contributed by atoms with Crippen molar-refractivity contribution in [3.63, 3.8) is 0 Å². The fourth-order valence-electron chi connectivity index (χ4n) is 1.81. The molecule has 1 heterocycles. The molecule has 0 radical (unpaired) electrons. The number of nitrogens with zero attached hydrogens (tertiary/aromatic N) is 2. The average molecular weight is 296 g/mol. The summed E-state index contributed by atoms with van der Waals surface area (Å²) in [6.45, 7) is 9.74. The minimum atomic E-state index is 0.423. The Bertz CT molecular complexity index is 375. The van der Waals surface area contributed by atoms with E-state index in [9.17, 15) is 0 Å². The van der Waals surface area contributed by atoms with Gasteiger partial charge < -0.3 is 20.1 Å². The van der Waals surface area contributed by atoms with Crippen LogP contribution in [-0.2, 0) is 16.1 Å². The summed E-state index contributed by atoms with van der Waals surface area (Å²) in [6, 6.07) is 1.94. The summed E-state index contributed by atoms with van der Waals surface area (Å²) in [5.74, 6) is 2.77. The summed E-state index contributed by atoms with van der Waals surface area (Å²) in [5.41, 5.74) is 0. The van der Waals surface area contributed by atoms with Crippen LogP contribution in [-0.4, -0.2) is 43.4 Å². The van der Waals surface area contributed by atoms with E-state index in [2.05, 4.69) is 34.4 Å². The third-order valence-electron chi connectivity index (χ3n) is 2.85. The summed E-state index contributed by atoms with van der Waals surface area (Å²) in [5, 5.41) is 6.63. The van der Waals surface area contributed by atoms with Crippen LogP contribution >= 0.6 is 0 Å². The Labute approximate surface area is 127 Å². The van der Waals surface area contributed by atoms with Crippen LogP contribution in [0.25, 0.3) is 0 Å². The van der Waals surface area contributed by atoms with Gasteiger partial charge in [0.1, 0.15) is 18.2 Å². The molecule has 0 bridgehead atoms. The van der Waals surface area contributed by atoms with Gasteiger partial charge in [0.15, 0.2) is 5.82 Å². The number of nitrogens with one attached hydrogen (secondary N) is 2. The van der Waals surface area contributed by atoms with E-state index in [1.54, 1.807) is 7.11 Å². The van der Waals surface area contributed by atoms with Crippen LogP contribution in [0, 0.1) is 5.92 Å². The van der Waals surface area contributed by atoms with Gasteiger partial charge in [-0.3, -0.25) is 0 Å². The highest BCUT2D eigenvalue weighted by Crippen LogP contribution is 2.13. The van der Waals surface area contributed by atoms with Crippen molar-refractivity contribution in [2.24, 2.45) is 5.92 Å². The molecule has 1 aromatic rings. The van der Waals surface area contributed by atoms with E-state index in [0.717, 1.165) is 37.8 Å². The number of aromatic nitrogens is 2. The molecule has 1 rings (SSSR count). The van der Waals surface area contributed by atoms with Gasteiger partial charge in [0.25, 0.3) is 0 Å². The van der Waals surface area contributed by atoms with Gasteiger partial charge in [0, 0.05) is 32.9 Å². The standard InChI is InChI=1S/C15H28N4O2/c1-5-7-16-13-8-14(17-9-12(3)10-20-4)19-15(18-13)11-21-6-2/h8,12H,5-7,9-11H2,1-4H3,(H2,16,17,18,19). The molecule has 0 spiro atoms. The minimum absolute atomic E-state index is 0.423. The summed E-state index contributed by atoms with van der Waals surface area (Å²) in [4.78, 5) is 8.94. The fourth-order valence-corrected chi connectivity index (χ4v) is 1.81. The summed E-state index contributed by atoms with van der Waals surface area (Å²) in [6.07, 6.45) is 1.05. The number of anilines is 2. The van der Waals surface area contributed by atoms with E-state index in [4.69, 9.17) is 9.47 Å². The highest BCUT2D eigenvalue weighted by molar-refractivity contribution is 5.47. The van der Waals surface area contributed by atoms with Gasteiger partial charge in [0.05, 0.1) is 6.61 Å². The van der Waals surface area contributed by atoms with Gasteiger partial charge in [-0.2, -0.15) is 0 Å². The molecule has 0 aromatic carbocycles. The molecule has 2 N–H and O–H groups in total. The second-order valence-corrected chi connectivity index (χ2v) is 5.06. The molecule has 6 heteroatoms. The lowest BCUT2D eigenvalue weighted by Gasteiger charge is -2.14. The molecule has 0 saturated heterocycles. The van der Waals surface area contributed by atoms with Crippen molar-refractivity contribution in [3.8, 4) is 0 Å². The van der Waals surface area contributed by atoms with Crippen LogP contribution in [0.15, 0.2) is 6.07 Å². The van der Waals surface area contributed by atoms with E-state index >= 15 is 0 Å². The Kier molecular flexibility index (Phi) is 8.69. The lowest BCUT2D eigenvalue weighted by atomic mass is 10.2. The molecule has 0 aliphatic heterocycles. The zero-order chi connectivity index (χ0) is 15.5. The van der Waals surface area contributed by atoms with E-state index in [-0.39, 0.29) is 0 Å². The van der Waals surface area contributed by atoms with Gasteiger partial charge in [-0.15, -0.1) is 0 Å². The normalized spacial score (nSPS) is 12.2. The first-order chi connectivity index (χ1) is 10.2. The third kappa shape index (κ3) is 7.24. The zero-order valence-corrected chi connectivity index (χ0v) is 13.6. The Morgan fingerprint density at radius 1 is 1.19 bits per heavy atom. The van der Waals surface area contributed by atoms with Gasteiger partial charge in [0.2, 0.25) is 0 Å². The van der Waals surface area contributed by atoms with Crippen molar-refractivity contribution < 1.29 is 9.47 Å². The molecule has 0 fully saturated rings. The smallest absolute Gasteiger partial charge is 0.158 e. The van der Waals surface area contributed by atoms with Gasteiger partial charge in [-0.1, -0.05) is 13.8 Å². The highest BCUT2D eigenvalue weighted by atomic mass is 16.5. The van der Waals surface area contributed by atoms with Crippen LogP contribution in [0.2, 0.25) is 0 Å². The second kappa shape index (κ2) is 10.3. The van der Waals surface area contributed by atoms with Crippen molar-refractivity contribution in [1.82, 2.24) is 9.97 Å². The van der Waals surface area contributed by atoms with Crippen LogP contribution in [0.4, 0.5) is 11.6 Å². The third-order valence-corrected chi connectivity index (χ3v) is 2.85. The fraction of sp³-hybridized carbons (Fsp3) is 0.733. The molecule has 1 aromatic heterocycles. The Hall–Kier alpha value is -1.40. The molecule has 6 nitrogen and oxygen atoms in total.